The first kappa shape index (κ1) is 16.1. The second-order valence-electron chi connectivity index (χ2n) is 4.08. The average molecular weight is 304 g/mol. The summed E-state index contributed by atoms with van der Waals surface area (Å²) in [5, 5.41) is -0.126. The summed E-state index contributed by atoms with van der Waals surface area (Å²) in [6, 6.07) is 0. The molecule has 0 saturated carbocycles. The lowest BCUT2D eigenvalue weighted by molar-refractivity contribution is 0.243. The fraction of sp³-hybridized carbons (Fsp3) is 0.500. The molecule has 1 aliphatic rings. The molecular formula is C12H20N2O3S2. The molecule has 1 atom stereocenters. The first-order valence-corrected chi connectivity index (χ1v) is 7.98. The topological polar surface area (TPSA) is 72.6 Å². The molecule has 108 valence electrons. The van der Waals surface area contributed by atoms with Gasteiger partial charge in [-0.3, -0.25) is 0 Å². The molecule has 0 radical (unpaired) electrons. The largest absolute Gasteiger partial charge is 0.494 e. The fourth-order valence-electron chi connectivity index (χ4n) is 1.67. The van der Waals surface area contributed by atoms with Gasteiger partial charge in [0.1, 0.15) is 10.8 Å². The van der Waals surface area contributed by atoms with Crippen molar-refractivity contribution in [1.29, 1.82) is 0 Å². The third-order valence-corrected chi connectivity index (χ3v) is 4.85. The van der Waals surface area contributed by atoms with E-state index in [1.807, 2.05) is 6.92 Å². The van der Waals surface area contributed by atoms with Crippen LogP contribution in [0.4, 0.5) is 0 Å². The molecule has 0 aromatic heterocycles. The molecule has 0 bridgehead atoms. The highest BCUT2D eigenvalue weighted by Gasteiger charge is 2.31. The first-order valence-electron chi connectivity index (χ1n) is 6.02. The number of hydrogen-bond donors (Lipinski definition) is 2. The van der Waals surface area contributed by atoms with Crippen LogP contribution >= 0.6 is 12.6 Å². The number of sulfonamides is 1. The van der Waals surface area contributed by atoms with Crippen LogP contribution in [-0.2, 0) is 14.8 Å². The van der Waals surface area contributed by atoms with Crippen LogP contribution in [0.1, 0.15) is 13.3 Å². The summed E-state index contributed by atoms with van der Waals surface area (Å²) in [6.45, 7) is 6.73. The Kier molecular flexibility index (Phi) is 5.96. The van der Waals surface area contributed by atoms with Gasteiger partial charge >= 0.3 is 0 Å². The van der Waals surface area contributed by atoms with Crippen molar-refractivity contribution in [3.8, 4) is 0 Å². The Bertz CT molecular complexity index is 483. The smallest absolute Gasteiger partial charge is 0.257 e. The van der Waals surface area contributed by atoms with Crippen LogP contribution in [0.2, 0.25) is 0 Å². The van der Waals surface area contributed by atoms with Crippen molar-refractivity contribution < 1.29 is 13.2 Å². The molecule has 1 rings (SSSR count). The summed E-state index contributed by atoms with van der Waals surface area (Å²) in [6.07, 6.45) is 5.06. The number of nitrogens with two attached hydrogens (primary N) is 1. The minimum atomic E-state index is -3.60. The lowest BCUT2D eigenvalue weighted by atomic mass is 10.4. The van der Waals surface area contributed by atoms with Crippen LogP contribution in [0.5, 0.6) is 0 Å². The molecule has 0 aliphatic carbocycles. The van der Waals surface area contributed by atoms with Gasteiger partial charge in [0.25, 0.3) is 10.0 Å². The molecule has 0 amide bonds. The highest BCUT2D eigenvalue weighted by Crippen LogP contribution is 2.20. The van der Waals surface area contributed by atoms with Gasteiger partial charge in [0.2, 0.25) is 0 Å². The Morgan fingerprint density at radius 1 is 1.58 bits per heavy atom. The molecule has 5 nitrogen and oxygen atoms in total. The van der Waals surface area contributed by atoms with Crippen LogP contribution in [0.25, 0.3) is 0 Å². The molecule has 19 heavy (non-hydrogen) atoms. The number of ether oxygens (including phenoxy) is 1. The van der Waals surface area contributed by atoms with Crippen LogP contribution in [-0.4, -0.2) is 37.7 Å². The second kappa shape index (κ2) is 7.02. The van der Waals surface area contributed by atoms with Gasteiger partial charge < -0.3 is 10.5 Å². The van der Waals surface area contributed by atoms with Crippen LogP contribution < -0.4 is 5.73 Å². The zero-order valence-electron chi connectivity index (χ0n) is 10.9. The van der Waals surface area contributed by atoms with E-state index in [9.17, 15) is 8.42 Å². The Morgan fingerprint density at radius 2 is 2.26 bits per heavy atom. The molecule has 1 heterocycles. The van der Waals surface area contributed by atoms with E-state index in [-0.39, 0.29) is 10.3 Å². The van der Waals surface area contributed by atoms with Crippen LogP contribution in [0.15, 0.2) is 35.6 Å². The standard InChI is InChI=1S/C12H20N2O3S2/c1-3-10(17-4-2)5-6-12(13)19(15,16)14-8-7-11(18)9-14/h3,5-6,11,18H,1,4,7-9,13H2,2H3/b10-5+,12-6+. The SMILES string of the molecule is C=C/C(=C\C=C(/N)S(=O)(=O)N1CCC(S)C1)OCC. The van der Waals surface area contributed by atoms with Gasteiger partial charge in [-0.25, -0.2) is 8.42 Å². The van der Waals surface area contributed by atoms with Gasteiger partial charge in [0.15, 0.2) is 0 Å². The zero-order chi connectivity index (χ0) is 14.5. The molecule has 1 saturated heterocycles. The summed E-state index contributed by atoms with van der Waals surface area (Å²) in [7, 11) is -3.60. The zero-order valence-corrected chi connectivity index (χ0v) is 12.7. The Balaban J connectivity index is 2.86. The highest BCUT2D eigenvalue weighted by atomic mass is 32.2. The van der Waals surface area contributed by atoms with E-state index in [1.165, 1.54) is 22.5 Å². The maximum absolute atomic E-state index is 12.1. The number of thiol groups is 1. The van der Waals surface area contributed by atoms with Gasteiger partial charge in [-0.15, -0.1) is 0 Å². The molecule has 1 aliphatic heterocycles. The number of hydrogen-bond acceptors (Lipinski definition) is 5. The number of rotatable bonds is 6. The monoisotopic (exact) mass is 304 g/mol. The van der Waals surface area contributed by atoms with Gasteiger partial charge in [0, 0.05) is 18.3 Å². The predicted octanol–water partition coefficient (Wildman–Crippen LogP) is 1.23. The fourth-order valence-corrected chi connectivity index (χ4v) is 3.35. The predicted molar refractivity (Wildman–Crippen MR) is 80.1 cm³/mol. The Morgan fingerprint density at radius 3 is 2.74 bits per heavy atom. The van der Waals surface area contributed by atoms with E-state index < -0.39 is 10.0 Å². The van der Waals surface area contributed by atoms with E-state index in [2.05, 4.69) is 19.2 Å². The molecule has 0 spiro atoms. The minimum absolute atomic E-state index is 0.0743. The van der Waals surface area contributed by atoms with Crippen molar-refractivity contribution in [1.82, 2.24) is 4.31 Å². The number of nitrogens with zero attached hydrogens (tertiary/aromatic N) is 1. The van der Waals surface area contributed by atoms with Crippen molar-refractivity contribution in [2.45, 2.75) is 18.6 Å². The van der Waals surface area contributed by atoms with E-state index in [0.29, 0.717) is 25.5 Å². The van der Waals surface area contributed by atoms with Crippen LogP contribution in [0, 0.1) is 0 Å². The van der Waals surface area contributed by atoms with Gasteiger partial charge in [-0.2, -0.15) is 16.9 Å². The molecule has 0 aromatic carbocycles. The van der Waals surface area contributed by atoms with E-state index in [1.54, 1.807) is 0 Å². The maximum atomic E-state index is 12.1. The summed E-state index contributed by atoms with van der Waals surface area (Å²) in [5.74, 6) is 0.481. The van der Waals surface area contributed by atoms with Gasteiger partial charge in [0.05, 0.1) is 6.61 Å². The minimum Gasteiger partial charge on any atom is -0.494 e. The third-order valence-electron chi connectivity index (χ3n) is 2.69. The highest BCUT2D eigenvalue weighted by molar-refractivity contribution is 7.93. The van der Waals surface area contributed by atoms with Crippen molar-refractivity contribution in [3.63, 3.8) is 0 Å². The van der Waals surface area contributed by atoms with E-state index >= 15 is 0 Å². The van der Waals surface area contributed by atoms with E-state index in [0.717, 1.165) is 6.42 Å². The van der Waals surface area contributed by atoms with Gasteiger partial charge in [-0.1, -0.05) is 6.58 Å². The van der Waals surface area contributed by atoms with Crippen molar-refractivity contribution >= 4 is 22.7 Å². The Hall–Kier alpha value is -0.920. The number of allylic oxidation sites excluding steroid dienone is 3. The summed E-state index contributed by atoms with van der Waals surface area (Å²) >= 11 is 4.27. The quantitative estimate of drug-likeness (QED) is 0.440. The maximum Gasteiger partial charge on any atom is 0.257 e. The van der Waals surface area contributed by atoms with Crippen molar-refractivity contribution in [2.75, 3.05) is 19.7 Å². The molecule has 1 fully saturated rings. The molecule has 7 heteroatoms. The van der Waals surface area contributed by atoms with Gasteiger partial charge in [-0.05, 0) is 31.6 Å². The molecule has 1 unspecified atom stereocenters. The van der Waals surface area contributed by atoms with E-state index in [4.69, 9.17) is 10.5 Å². The lowest BCUT2D eigenvalue weighted by Gasteiger charge is -2.15. The summed E-state index contributed by atoms with van der Waals surface area (Å²) < 4.78 is 30.8. The molecule has 0 aromatic rings. The van der Waals surface area contributed by atoms with Crippen LogP contribution in [0.3, 0.4) is 0 Å². The first-order chi connectivity index (χ1) is 8.91. The Labute approximate surface area is 120 Å². The lowest BCUT2D eigenvalue weighted by Crippen LogP contribution is -2.32. The second-order valence-corrected chi connectivity index (χ2v) is 6.75. The van der Waals surface area contributed by atoms with Crippen molar-refractivity contribution in [2.24, 2.45) is 5.73 Å². The normalized spacial score (nSPS) is 22.5. The van der Waals surface area contributed by atoms with Crippen molar-refractivity contribution in [3.05, 3.63) is 35.6 Å². The summed E-state index contributed by atoms with van der Waals surface area (Å²) in [4.78, 5) is 0. The average Bonchev–Trinajstić information content (AvgIpc) is 2.81. The summed E-state index contributed by atoms with van der Waals surface area (Å²) in [5.41, 5.74) is 5.65. The third kappa shape index (κ3) is 4.29. The molecular weight excluding hydrogens is 284 g/mol. The molecule has 2 N–H and O–H groups in total.